The Morgan fingerprint density at radius 2 is 1.83 bits per heavy atom. The van der Waals surface area contributed by atoms with Crippen LogP contribution in [0.25, 0.3) is 0 Å². The van der Waals surface area contributed by atoms with Gasteiger partial charge in [-0.05, 0) is 17.7 Å². The molecule has 0 spiro atoms. The zero-order chi connectivity index (χ0) is 13.3. The molecule has 2 rings (SSSR count). The normalized spacial score (nSPS) is 13.6. The highest BCUT2D eigenvalue weighted by Gasteiger charge is 2.39. The molecule has 4 nitrogen and oxygen atoms in total. The lowest BCUT2D eigenvalue weighted by atomic mass is 10.1. The third-order valence-corrected chi connectivity index (χ3v) is 2.44. The van der Waals surface area contributed by atoms with E-state index >= 15 is 0 Å². The number of hydrogen-bond donors (Lipinski definition) is 1. The van der Waals surface area contributed by atoms with Crippen molar-refractivity contribution in [3.63, 3.8) is 0 Å². The smallest absolute Gasteiger partial charge is 0.329 e. The molecule has 0 fully saturated rings. The van der Waals surface area contributed by atoms with E-state index in [-0.39, 0.29) is 5.82 Å². The van der Waals surface area contributed by atoms with Crippen LogP contribution < -0.4 is 5.73 Å². The predicted octanol–water partition coefficient (Wildman–Crippen LogP) is 2.79. The molecular weight excluding hydrogens is 271 g/mol. The minimum absolute atomic E-state index is 0.232. The summed E-state index contributed by atoms with van der Waals surface area (Å²) in [5.41, 5.74) is 6.26. The van der Waals surface area contributed by atoms with Gasteiger partial charge in [-0.2, -0.15) is 18.2 Å². The van der Waals surface area contributed by atoms with E-state index in [4.69, 9.17) is 17.3 Å². The molecule has 1 atom stereocenters. The Labute approximate surface area is 105 Å². The molecule has 1 heterocycles. The number of benzene rings is 1. The molecule has 0 amide bonds. The van der Waals surface area contributed by atoms with Crippen LogP contribution in [0.5, 0.6) is 0 Å². The summed E-state index contributed by atoms with van der Waals surface area (Å²) in [7, 11) is 0. The van der Waals surface area contributed by atoms with E-state index in [0.29, 0.717) is 10.6 Å². The molecule has 1 aromatic heterocycles. The Morgan fingerprint density at radius 1 is 1.22 bits per heavy atom. The summed E-state index contributed by atoms with van der Waals surface area (Å²) < 4.78 is 40.9. The second-order valence-corrected chi connectivity index (χ2v) is 3.92. The molecular formula is C10H7ClF3N3O. The van der Waals surface area contributed by atoms with Crippen molar-refractivity contribution in [2.45, 2.75) is 12.2 Å². The summed E-state index contributed by atoms with van der Waals surface area (Å²) in [6.45, 7) is 0. The molecule has 0 bridgehead atoms. The molecule has 96 valence electrons. The quantitative estimate of drug-likeness (QED) is 0.917. The van der Waals surface area contributed by atoms with E-state index in [1.165, 1.54) is 0 Å². The van der Waals surface area contributed by atoms with Gasteiger partial charge >= 0.3 is 12.1 Å². The molecule has 0 aliphatic heterocycles. The van der Waals surface area contributed by atoms with Crippen molar-refractivity contribution in [1.82, 2.24) is 10.1 Å². The van der Waals surface area contributed by atoms with Gasteiger partial charge in [-0.15, -0.1) is 0 Å². The van der Waals surface area contributed by atoms with Crippen LogP contribution in [0, 0.1) is 0 Å². The number of nitrogens with zero attached hydrogens (tertiary/aromatic N) is 2. The Morgan fingerprint density at radius 3 is 2.33 bits per heavy atom. The van der Waals surface area contributed by atoms with Crippen molar-refractivity contribution in [3.8, 4) is 0 Å². The van der Waals surface area contributed by atoms with E-state index in [9.17, 15) is 13.2 Å². The number of nitrogens with two attached hydrogens (primary N) is 1. The van der Waals surface area contributed by atoms with Gasteiger partial charge in [0.05, 0.1) is 6.04 Å². The van der Waals surface area contributed by atoms with Crippen molar-refractivity contribution in [1.29, 1.82) is 0 Å². The first-order valence-electron chi connectivity index (χ1n) is 4.80. The average molecular weight is 278 g/mol. The fraction of sp³-hybridized carbons (Fsp3) is 0.200. The molecule has 0 radical (unpaired) electrons. The van der Waals surface area contributed by atoms with Gasteiger partial charge in [-0.3, -0.25) is 0 Å². The van der Waals surface area contributed by atoms with Crippen molar-refractivity contribution in [3.05, 3.63) is 46.6 Å². The van der Waals surface area contributed by atoms with Crippen LogP contribution in [-0.4, -0.2) is 10.1 Å². The molecule has 0 aliphatic carbocycles. The van der Waals surface area contributed by atoms with E-state index < -0.39 is 18.1 Å². The molecule has 2 N–H and O–H groups in total. The van der Waals surface area contributed by atoms with Gasteiger partial charge in [0.25, 0.3) is 0 Å². The Hall–Kier alpha value is -1.60. The largest absolute Gasteiger partial charge is 0.471 e. The van der Waals surface area contributed by atoms with Crippen LogP contribution in [-0.2, 0) is 6.18 Å². The SMILES string of the molecule is NC(c1ccc(Cl)cc1)c1noc(C(F)(F)F)n1. The molecule has 2 aromatic rings. The third kappa shape index (κ3) is 2.62. The topological polar surface area (TPSA) is 64.9 Å². The Balaban J connectivity index is 2.26. The minimum atomic E-state index is -4.68. The lowest BCUT2D eigenvalue weighted by Crippen LogP contribution is -2.14. The highest BCUT2D eigenvalue weighted by molar-refractivity contribution is 6.30. The van der Waals surface area contributed by atoms with Gasteiger partial charge in [-0.1, -0.05) is 28.9 Å². The second-order valence-electron chi connectivity index (χ2n) is 3.48. The molecule has 18 heavy (non-hydrogen) atoms. The van der Waals surface area contributed by atoms with Crippen LogP contribution in [0.2, 0.25) is 5.02 Å². The average Bonchev–Trinajstić information content (AvgIpc) is 2.78. The molecule has 0 saturated carbocycles. The molecule has 1 aromatic carbocycles. The first-order chi connectivity index (χ1) is 8.38. The number of aromatic nitrogens is 2. The predicted molar refractivity (Wildman–Crippen MR) is 56.8 cm³/mol. The van der Waals surface area contributed by atoms with E-state index in [1.807, 2.05) is 0 Å². The van der Waals surface area contributed by atoms with Crippen molar-refractivity contribution < 1.29 is 17.7 Å². The maximum Gasteiger partial charge on any atom is 0.471 e. The Kier molecular flexibility index (Phi) is 3.27. The molecule has 0 saturated heterocycles. The summed E-state index contributed by atoms with van der Waals surface area (Å²) in [5.74, 6) is -1.65. The molecule has 1 unspecified atom stereocenters. The Bertz CT molecular complexity index is 538. The number of hydrogen-bond acceptors (Lipinski definition) is 4. The van der Waals surface area contributed by atoms with Crippen molar-refractivity contribution in [2.75, 3.05) is 0 Å². The summed E-state index contributed by atoms with van der Waals surface area (Å²) in [6, 6.07) is 5.40. The lowest BCUT2D eigenvalue weighted by Gasteiger charge is -2.06. The first kappa shape index (κ1) is 12.8. The monoisotopic (exact) mass is 277 g/mol. The zero-order valence-electron chi connectivity index (χ0n) is 8.78. The molecule has 0 aliphatic rings. The fourth-order valence-electron chi connectivity index (χ4n) is 1.30. The fourth-order valence-corrected chi connectivity index (χ4v) is 1.42. The minimum Gasteiger partial charge on any atom is -0.329 e. The van der Waals surface area contributed by atoms with Crippen LogP contribution in [0.4, 0.5) is 13.2 Å². The number of alkyl halides is 3. The van der Waals surface area contributed by atoms with E-state index in [2.05, 4.69) is 14.7 Å². The van der Waals surface area contributed by atoms with Crippen LogP contribution >= 0.6 is 11.6 Å². The highest BCUT2D eigenvalue weighted by atomic mass is 35.5. The van der Waals surface area contributed by atoms with Crippen molar-refractivity contribution in [2.24, 2.45) is 5.73 Å². The van der Waals surface area contributed by atoms with Crippen molar-refractivity contribution >= 4 is 11.6 Å². The van der Waals surface area contributed by atoms with Gasteiger partial charge in [0.1, 0.15) is 0 Å². The van der Waals surface area contributed by atoms with Crippen LogP contribution in [0.3, 0.4) is 0 Å². The maximum absolute atomic E-state index is 12.3. The van der Waals surface area contributed by atoms with Crippen LogP contribution in [0.15, 0.2) is 28.8 Å². The summed E-state index contributed by atoms with van der Waals surface area (Å²) in [6.07, 6.45) is -4.68. The number of halogens is 4. The zero-order valence-corrected chi connectivity index (χ0v) is 9.53. The summed E-state index contributed by atoms with van der Waals surface area (Å²) in [4.78, 5) is 3.22. The van der Waals surface area contributed by atoms with Gasteiger partial charge in [0.15, 0.2) is 5.82 Å². The maximum atomic E-state index is 12.3. The van der Waals surface area contributed by atoms with Gasteiger partial charge in [0.2, 0.25) is 0 Å². The lowest BCUT2D eigenvalue weighted by molar-refractivity contribution is -0.159. The van der Waals surface area contributed by atoms with Crippen LogP contribution in [0.1, 0.15) is 23.3 Å². The summed E-state index contributed by atoms with van der Waals surface area (Å²) in [5, 5.41) is 3.71. The standard InChI is InChI=1S/C10H7ClF3N3O/c11-6-3-1-5(2-4-6)7(15)8-16-9(18-17-8)10(12,13)14/h1-4,7H,15H2. The van der Waals surface area contributed by atoms with Gasteiger partial charge in [0, 0.05) is 5.02 Å². The van der Waals surface area contributed by atoms with Gasteiger partial charge < -0.3 is 10.3 Å². The molecule has 8 heteroatoms. The third-order valence-electron chi connectivity index (χ3n) is 2.19. The second kappa shape index (κ2) is 4.58. The first-order valence-corrected chi connectivity index (χ1v) is 5.17. The van der Waals surface area contributed by atoms with E-state index in [0.717, 1.165) is 0 Å². The van der Waals surface area contributed by atoms with Gasteiger partial charge in [-0.25, -0.2) is 0 Å². The van der Waals surface area contributed by atoms with E-state index in [1.54, 1.807) is 24.3 Å². The summed E-state index contributed by atoms with van der Waals surface area (Å²) >= 11 is 5.69. The number of rotatable bonds is 2. The highest BCUT2D eigenvalue weighted by Crippen LogP contribution is 2.29.